The number of piperazine rings is 1. The molecule has 3 amide bonds. The molecule has 0 radical (unpaired) electrons. The number of rotatable bonds is 3. The number of hydrogen-bond acceptors (Lipinski definition) is 3. The van der Waals surface area contributed by atoms with Crippen molar-refractivity contribution in [1.29, 1.82) is 0 Å². The van der Waals surface area contributed by atoms with Crippen LogP contribution in [-0.4, -0.2) is 51.2 Å². The van der Waals surface area contributed by atoms with E-state index in [2.05, 4.69) is 15.5 Å². The molecule has 0 bridgehead atoms. The molecule has 1 aromatic rings. The molecule has 120 valence electrons. The zero-order valence-corrected chi connectivity index (χ0v) is 12.9. The van der Waals surface area contributed by atoms with Gasteiger partial charge in [0, 0.05) is 12.7 Å². The van der Waals surface area contributed by atoms with E-state index < -0.39 is 6.03 Å². The third-order valence-electron chi connectivity index (χ3n) is 4.07. The summed E-state index contributed by atoms with van der Waals surface area (Å²) in [6, 6.07) is 5.67. The number of quaternary nitrogens is 1. The van der Waals surface area contributed by atoms with Crippen molar-refractivity contribution in [1.82, 2.24) is 10.6 Å². The van der Waals surface area contributed by atoms with Gasteiger partial charge in [-0.2, -0.15) is 0 Å². The summed E-state index contributed by atoms with van der Waals surface area (Å²) in [4.78, 5) is 26.4. The lowest BCUT2D eigenvalue weighted by molar-refractivity contribution is -0.914. The molecule has 1 atom stereocenters. The molecule has 3 N–H and O–H groups in total. The molecule has 0 saturated carbocycles. The van der Waals surface area contributed by atoms with Crippen LogP contribution in [0.3, 0.4) is 0 Å². The Morgan fingerprint density at radius 3 is 2.36 bits per heavy atom. The molecule has 7 heteroatoms. The second kappa shape index (κ2) is 7.22. The van der Waals surface area contributed by atoms with Crippen molar-refractivity contribution < 1.29 is 18.9 Å². The molecule has 2 rings (SSSR count). The van der Waals surface area contributed by atoms with Crippen LogP contribution in [0.5, 0.6) is 0 Å². The van der Waals surface area contributed by atoms with E-state index in [9.17, 15) is 14.0 Å². The molecular formula is C15H22FN4O2+. The quantitative estimate of drug-likeness (QED) is 0.697. The molecule has 0 aromatic heterocycles. The minimum atomic E-state index is -0.485. The zero-order chi connectivity index (χ0) is 16.1. The first-order valence-corrected chi connectivity index (χ1v) is 7.39. The highest BCUT2D eigenvalue weighted by molar-refractivity contribution is 5.96. The Morgan fingerprint density at radius 2 is 1.82 bits per heavy atom. The van der Waals surface area contributed by atoms with Gasteiger partial charge in [0.05, 0.1) is 26.2 Å². The number of carbonyl (C=O) groups excluding carboxylic acids is 2. The standard InChI is InChI=1S/C15H21FN4O2/c1-11(14(21)18-15(22)17-2)19-7-9-20(10-8-19)13-5-3-12(16)4-6-13/h3-6,11H,7-10H2,1-2H3,(H2,17,18,21,22)/p+1/t11-/m0/s1. The number of nitrogens with one attached hydrogen (secondary N) is 3. The monoisotopic (exact) mass is 309 g/mol. The Hall–Kier alpha value is -2.15. The smallest absolute Gasteiger partial charge is 0.321 e. The van der Waals surface area contributed by atoms with Gasteiger partial charge in [-0.3, -0.25) is 10.1 Å². The number of nitrogens with zero attached hydrogens (tertiary/aromatic N) is 1. The van der Waals surface area contributed by atoms with Crippen LogP contribution in [-0.2, 0) is 4.79 Å². The van der Waals surface area contributed by atoms with E-state index in [1.165, 1.54) is 19.2 Å². The van der Waals surface area contributed by atoms with Crippen molar-refractivity contribution in [2.45, 2.75) is 13.0 Å². The van der Waals surface area contributed by atoms with Crippen LogP contribution >= 0.6 is 0 Å². The van der Waals surface area contributed by atoms with Crippen LogP contribution < -0.4 is 20.4 Å². The Labute approximate surface area is 129 Å². The van der Waals surface area contributed by atoms with Crippen LogP contribution in [0.2, 0.25) is 0 Å². The molecule has 0 aliphatic carbocycles. The number of carbonyl (C=O) groups is 2. The average Bonchev–Trinajstić information content (AvgIpc) is 2.55. The Balaban J connectivity index is 1.87. The molecule has 1 fully saturated rings. The number of benzene rings is 1. The maximum absolute atomic E-state index is 12.9. The van der Waals surface area contributed by atoms with Gasteiger partial charge in [0.1, 0.15) is 5.82 Å². The number of halogens is 1. The van der Waals surface area contributed by atoms with Gasteiger partial charge in [-0.1, -0.05) is 0 Å². The maximum Gasteiger partial charge on any atom is 0.321 e. The second-order valence-corrected chi connectivity index (χ2v) is 5.41. The van der Waals surface area contributed by atoms with Crippen molar-refractivity contribution in [2.75, 3.05) is 38.1 Å². The van der Waals surface area contributed by atoms with E-state index >= 15 is 0 Å². The van der Waals surface area contributed by atoms with Crippen molar-refractivity contribution >= 4 is 17.6 Å². The number of hydrogen-bond donors (Lipinski definition) is 3. The van der Waals surface area contributed by atoms with E-state index in [-0.39, 0.29) is 17.8 Å². The van der Waals surface area contributed by atoms with Crippen molar-refractivity contribution in [3.8, 4) is 0 Å². The highest BCUT2D eigenvalue weighted by Crippen LogP contribution is 2.14. The number of amides is 3. The first-order chi connectivity index (χ1) is 10.5. The minimum Gasteiger partial charge on any atom is -0.360 e. The predicted molar refractivity (Wildman–Crippen MR) is 81.4 cm³/mol. The molecule has 1 aromatic carbocycles. The van der Waals surface area contributed by atoms with Crippen LogP contribution in [0.1, 0.15) is 6.92 Å². The normalized spacial score (nSPS) is 17.0. The van der Waals surface area contributed by atoms with Crippen LogP contribution in [0, 0.1) is 5.82 Å². The third-order valence-corrected chi connectivity index (χ3v) is 4.07. The first kappa shape index (κ1) is 16.2. The molecule has 1 saturated heterocycles. The van der Waals surface area contributed by atoms with Gasteiger partial charge < -0.3 is 15.1 Å². The van der Waals surface area contributed by atoms with Gasteiger partial charge in [0.25, 0.3) is 5.91 Å². The Bertz CT molecular complexity index is 527. The fraction of sp³-hybridized carbons (Fsp3) is 0.467. The zero-order valence-electron chi connectivity index (χ0n) is 12.9. The van der Waals surface area contributed by atoms with E-state index in [0.717, 1.165) is 36.8 Å². The van der Waals surface area contributed by atoms with Crippen LogP contribution in [0.15, 0.2) is 24.3 Å². The Morgan fingerprint density at radius 1 is 1.23 bits per heavy atom. The molecule has 1 heterocycles. The highest BCUT2D eigenvalue weighted by atomic mass is 19.1. The van der Waals surface area contributed by atoms with Crippen molar-refractivity contribution in [3.05, 3.63) is 30.1 Å². The molecular weight excluding hydrogens is 287 g/mol. The lowest BCUT2D eigenvalue weighted by Gasteiger charge is -2.35. The van der Waals surface area contributed by atoms with Gasteiger partial charge in [-0.25, -0.2) is 9.18 Å². The summed E-state index contributed by atoms with van der Waals surface area (Å²) in [7, 11) is 1.47. The van der Waals surface area contributed by atoms with E-state index in [1.54, 1.807) is 12.1 Å². The molecule has 0 spiro atoms. The number of urea groups is 1. The van der Waals surface area contributed by atoms with Crippen molar-refractivity contribution in [2.24, 2.45) is 0 Å². The van der Waals surface area contributed by atoms with Crippen LogP contribution in [0.25, 0.3) is 0 Å². The summed E-state index contributed by atoms with van der Waals surface area (Å²) in [5.74, 6) is -0.517. The largest absolute Gasteiger partial charge is 0.360 e. The van der Waals surface area contributed by atoms with Gasteiger partial charge in [0.15, 0.2) is 6.04 Å². The summed E-state index contributed by atoms with van der Waals surface area (Å²) in [6.45, 7) is 4.98. The fourth-order valence-corrected chi connectivity index (χ4v) is 2.61. The predicted octanol–water partition coefficient (Wildman–Crippen LogP) is -0.625. The first-order valence-electron chi connectivity index (χ1n) is 7.39. The summed E-state index contributed by atoms with van der Waals surface area (Å²) in [5.41, 5.74) is 0.989. The second-order valence-electron chi connectivity index (χ2n) is 5.41. The number of anilines is 1. The van der Waals surface area contributed by atoms with Gasteiger partial charge >= 0.3 is 6.03 Å². The topological polar surface area (TPSA) is 65.9 Å². The summed E-state index contributed by atoms with van der Waals surface area (Å²) >= 11 is 0. The average molecular weight is 309 g/mol. The van der Waals surface area contributed by atoms with Gasteiger partial charge in [-0.15, -0.1) is 0 Å². The van der Waals surface area contributed by atoms with Gasteiger partial charge in [-0.05, 0) is 31.2 Å². The number of imide groups is 1. The van der Waals surface area contributed by atoms with Crippen LogP contribution in [0.4, 0.5) is 14.9 Å². The summed E-state index contributed by atoms with van der Waals surface area (Å²) in [5, 5.41) is 4.68. The lowest BCUT2D eigenvalue weighted by Crippen LogP contribution is -3.19. The van der Waals surface area contributed by atoms with E-state index in [0.29, 0.717) is 0 Å². The van der Waals surface area contributed by atoms with Crippen molar-refractivity contribution in [3.63, 3.8) is 0 Å². The summed E-state index contributed by atoms with van der Waals surface area (Å²) in [6.07, 6.45) is 0. The van der Waals surface area contributed by atoms with E-state index in [4.69, 9.17) is 0 Å². The Kier molecular flexibility index (Phi) is 5.32. The van der Waals surface area contributed by atoms with Gasteiger partial charge in [0.2, 0.25) is 0 Å². The molecule has 0 unspecified atom stereocenters. The molecule has 1 aliphatic heterocycles. The molecule has 1 aliphatic rings. The fourth-order valence-electron chi connectivity index (χ4n) is 2.61. The molecule has 6 nitrogen and oxygen atoms in total. The maximum atomic E-state index is 12.9. The molecule has 22 heavy (non-hydrogen) atoms. The highest BCUT2D eigenvalue weighted by Gasteiger charge is 2.29. The van der Waals surface area contributed by atoms with E-state index in [1.807, 2.05) is 6.92 Å². The summed E-state index contributed by atoms with van der Waals surface area (Å²) < 4.78 is 12.9. The lowest BCUT2D eigenvalue weighted by atomic mass is 10.2. The SMILES string of the molecule is CNC(=O)NC(=O)[C@H](C)[NH+]1CCN(c2ccc(F)cc2)CC1. The minimum absolute atomic E-state index is 0.243. The third kappa shape index (κ3) is 3.94.